The first-order valence-electron chi connectivity index (χ1n) is 4.11. The normalized spacial score (nSPS) is 20.5. The van der Waals surface area contributed by atoms with Gasteiger partial charge in [-0.3, -0.25) is 4.79 Å². The van der Waals surface area contributed by atoms with Gasteiger partial charge in [0.1, 0.15) is 0 Å². The molecule has 1 heterocycles. The Kier molecular flexibility index (Phi) is 3.83. The molecule has 1 amide bonds. The molecule has 0 saturated heterocycles. The lowest BCUT2D eigenvalue weighted by molar-refractivity contribution is -0.130. The molecule has 0 aliphatic carbocycles. The molecule has 1 rings (SSSR count). The quantitative estimate of drug-likeness (QED) is 0.753. The highest BCUT2D eigenvalue weighted by molar-refractivity contribution is 6.29. The van der Waals surface area contributed by atoms with Gasteiger partial charge in [0.05, 0.1) is 12.8 Å². The lowest BCUT2D eigenvalue weighted by atomic mass is 10.1. The molecule has 0 saturated carbocycles. The number of hydrogen-bond acceptors (Lipinski definition) is 2. The first kappa shape index (κ1) is 10.1. The van der Waals surface area contributed by atoms with E-state index >= 15 is 0 Å². The first-order valence-corrected chi connectivity index (χ1v) is 4.49. The Morgan fingerprint density at radius 1 is 1.77 bits per heavy atom. The molecule has 0 aromatic carbocycles. The van der Waals surface area contributed by atoms with Gasteiger partial charge in [-0.1, -0.05) is 18.2 Å². The summed E-state index contributed by atoms with van der Waals surface area (Å²) in [6.45, 7) is 3.76. The summed E-state index contributed by atoms with van der Waals surface area (Å²) in [7, 11) is 0. The zero-order valence-electron chi connectivity index (χ0n) is 7.25. The van der Waals surface area contributed by atoms with Gasteiger partial charge in [0.25, 0.3) is 5.91 Å². The largest absolute Gasteiger partial charge is 0.489 e. The average molecular weight is 202 g/mol. The molecular weight excluding hydrogens is 190 g/mol. The van der Waals surface area contributed by atoms with Crippen LogP contribution in [-0.4, -0.2) is 18.6 Å². The predicted molar refractivity (Wildman–Crippen MR) is 51.2 cm³/mol. The Hall–Kier alpha value is -0.960. The molecule has 3 nitrogen and oxygen atoms in total. The minimum absolute atomic E-state index is 0.133. The topological polar surface area (TPSA) is 38.3 Å². The van der Waals surface area contributed by atoms with Crippen molar-refractivity contribution in [2.75, 3.05) is 6.54 Å². The van der Waals surface area contributed by atoms with Crippen molar-refractivity contribution >= 4 is 17.5 Å². The van der Waals surface area contributed by atoms with Crippen LogP contribution in [0.25, 0.3) is 0 Å². The minimum atomic E-state index is -0.374. The van der Waals surface area contributed by atoms with E-state index in [9.17, 15) is 4.79 Å². The third-order valence-corrected chi connectivity index (χ3v) is 1.82. The van der Waals surface area contributed by atoms with Crippen molar-refractivity contribution in [3.63, 3.8) is 0 Å². The van der Waals surface area contributed by atoms with Crippen LogP contribution in [0.4, 0.5) is 0 Å². The molecule has 0 spiro atoms. The van der Waals surface area contributed by atoms with E-state index in [1.54, 1.807) is 6.26 Å². The van der Waals surface area contributed by atoms with Gasteiger partial charge in [-0.15, -0.1) is 0 Å². The summed E-state index contributed by atoms with van der Waals surface area (Å²) in [6.07, 6.45) is 4.67. The third kappa shape index (κ3) is 3.51. The Labute approximate surface area is 82.4 Å². The summed E-state index contributed by atoms with van der Waals surface area (Å²) in [4.78, 5) is 11.3. The summed E-state index contributed by atoms with van der Waals surface area (Å²) in [5.74, 6) is -0.133. The second-order valence-corrected chi connectivity index (χ2v) is 3.34. The van der Waals surface area contributed by atoms with E-state index in [4.69, 9.17) is 16.3 Å². The standard InChI is InChI=1S/C9H12ClNO2/c1-7(10)6-11-9(12)8-4-2-3-5-13-8/h3,5,8H,1-2,4,6H2,(H,11,12). The molecular formula is C9H12ClNO2. The van der Waals surface area contributed by atoms with E-state index in [1.165, 1.54) is 0 Å². The van der Waals surface area contributed by atoms with Crippen LogP contribution in [0.2, 0.25) is 0 Å². The van der Waals surface area contributed by atoms with E-state index < -0.39 is 0 Å². The number of ether oxygens (including phenoxy) is 1. The fraction of sp³-hybridized carbons (Fsp3) is 0.444. The van der Waals surface area contributed by atoms with Crippen LogP contribution in [0.3, 0.4) is 0 Å². The number of halogens is 1. The highest BCUT2D eigenvalue weighted by Gasteiger charge is 2.19. The van der Waals surface area contributed by atoms with Gasteiger partial charge in [-0.05, 0) is 18.9 Å². The van der Waals surface area contributed by atoms with Crippen molar-refractivity contribution in [2.24, 2.45) is 0 Å². The fourth-order valence-corrected chi connectivity index (χ4v) is 1.09. The number of rotatable bonds is 3. The van der Waals surface area contributed by atoms with E-state index in [0.717, 1.165) is 12.8 Å². The molecule has 0 aromatic rings. The average Bonchev–Trinajstić information content (AvgIpc) is 2.15. The zero-order valence-corrected chi connectivity index (χ0v) is 8.01. The Balaban J connectivity index is 2.30. The predicted octanol–water partition coefficient (Wildman–Crippen LogP) is 1.55. The van der Waals surface area contributed by atoms with Crippen LogP contribution in [0.1, 0.15) is 12.8 Å². The van der Waals surface area contributed by atoms with Gasteiger partial charge in [0.2, 0.25) is 0 Å². The van der Waals surface area contributed by atoms with Gasteiger partial charge in [-0.2, -0.15) is 0 Å². The van der Waals surface area contributed by atoms with E-state index in [2.05, 4.69) is 11.9 Å². The van der Waals surface area contributed by atoms with Crippen molar-refractivity contribution in [3.05, 3.63) is 23.9 Å². The number of amides is 1. The van der Waals surface area contributed by atoms with E-state index in [0.29, 0.717) is 11.6 Å². The minimum Gasteiger partial charge on any atom is -0.489 e. The lowest BCUT2D eigenvalue weighted by Gasteiger charge is -2.18. The molecule has 0 bridgehead atoms. The number of carbonyl (C=O) groups excluding carboxylic acids is 1. The van der Waals surface area contributed by atoms with Crippen molar-refractivity contribution in [2.45, 2.75) is 18.9 Å². The van der Waals surface area contributed by atoms with Crippen LogP contribution < -0.4 is 5.32 Å². The molecule has 1 aliphatic rings. The number of nitrogens with one attached hydrogen (secondary N) is 1. The Bertz CT molecular complexity index is 238. The Morgan fingerprint density at radius 2 is 2.54 bits per heavy atom. The van der Waals surface area contributed by atoms with Crippen molar-refractivity contribution < 1.29 is 9.53 Å². The fourth-order valence-electron chi connectivity index (χ4n) is 1.02. The lowest BCUT2D eigenvalue weighted by Crippen LogP contribution is -2.36. The van der Waals surface area contributed by atoms with Crippen molar-refractivity contribution in [1.82, 2.24) is 5.32 Å². The summed E-state index contributed by atoms with van der Waals surface area (Å²) in [5.41, 5.74) is 0. The molecule has 4 heteroatoms. The summed E-state index contributed by atoms with van der Waals surface area (Å²) < 4.78 is 5.11. The molecule has 1 N–H and O–H groups in total. The molecule has 1 unspecified atom stereocenters. The third-order valence-electron chi connectivity index (χ3n) is 1.68. The van der Waals surface area contributed by atoms with Crippen molar-refractivity contribution in [3.8, 4) is 0 Å². The summed E-state index contributed by atoms with van der Waals surface area (Å²) >= 11 is 5.50. The van der Waals surface area contributed by atoms with Crippen LogP contribution in [0, 0.1) is 0 Å². The number of carbonyl (C=O) groups is 1. The van der Waals surface area contributed by atoms with Crippen molar-refractivity contribution in [1.29, 1.82) is 0 Å². The maximum Gasteiger partial charge on any atom is 0.261 e. The smallest absolute Gasteiger partial charge is 0.261 e. The molecule has 1 atom stereocenters. The van der Waals surface area contributed by atoms with Gasteiger partial charge >= 0.3 is 0 Å². The van der Waals surface area contributed by atoms with Crippen LogP contribution in [0.5, 0.6) is 0 Å². The second kappa shape index (κ2) is 4.92. The molecule has 0 aromatic heterocycles. The van der Waals surface area contributed by atoms with Crippen LogP contribution in [0.15, 0.2) is 23.9 Å². The second-order valence-electron chi connectivity index (χ2n) is 2.81. The monoisotopic (exact) mass is 201 g/mol. The Morgan fingerprint density at radius 3 is 3.08 bits per heavy atom. The molecule has 0 radical (unpaired) electrons. The van der Waals surface area contributed by atoms with E-state index in [-0.39, 0.29) is 12.0 Å². The number of allylic oxidation sites excluding steroid dienone is 1. The molecule has 1 aliphatic heterocycles. The summed E-state index contributed by atoms with van der Waals surface area (Å²) in [5, 5.41) is 3.04. The van der Waals surface area contributed by atoms with Gasteiger partial charge < -0.3 is 10.1 Å². The SMILES string of the molecule is C=C(Cl)CNC(=O)C1CCC=CO1. The van der Waals surface area contributed by atoms with E-state index in [1.807, 2.05) is 6.08 Å². The number of hydrogen-bond donors (Lipinski definition) is 1. The van der Waals surface area contributed by atoms with Gasteiger partial charge in [0.15, 0.2) is 6.10 Å². The molecule has 0 fully saturated rings. The maximum atomic E-state index is 11.3. The highest BCUT2D eigenvalue weighted by Crippen LogP contribution is 2.10. The van der Waals surface area contributed by atoms with Crippen LogP contribution in [-0.2, 0) is 9.53 Å². The van der Waals surface area contributed by atoms with Crippen LogP contribution >= 0.6 is 11.6 Å². The summed E-state index contributed by atoms with van der Waals surface area (Å²) in [6, 6.07) is 0. The van der Waals surface area contributed by atoms with Gasteiger partial charge in [0, 0.05) is 5.03 Å². The van der Waals surface area contributed by atoms with Gasteiger partial charge in [-0.25, -0.2) is 0 Å². The maximum absolute atomic E-state index is 11.3. The highest BCUT2D eigenvalue weighted by atomic mass is 35.5. The molecule has 13 heavy (non-hydrogen) atoms. The zero-order chi connectivity index (χ0) is 9.68. The molecule has 72 valence electrons. The first-order chi connectivity index (χ1) is 6.20.